The van der Waals surface area contributed by atoms with E-state index in [0.29, 0.717) is 32.0 Å². The van der Waals surface area contributed by atoms with Crippen LogP contribution in [0, 0.1) is 3.57 Å². The lowest BCUT2D eigenvalue weighted by molar-refractivity contribution is -0.123. The second-order valence-corrected chi connectivity index (χ2v) is 10.4. The van der Waals surface area contributed by atoms with Crippen molar-refractivity contribution in [2.45, 2.75) is 13.2 Å². The van der Waals surface area contributed by atoms with Crippen LogP contribution < -0.4 is 9.47 Å². The van der Waals surface area contributed by atoms with Crippen molar-refractivity contribution in [1.82, 2.24) is 4.90 Å². The van der Waals surface area contributed by atoms with Crippen molar-refractivity contribution in [1.29, 1.82) is 0 Å². The van der Waals surface area contributed by atoms with Crippen molar-refractivity contribution in [3.05, 3.63) is 95.9 Å². The first-order chi connectivity index (χ1) is 16.4. The number of carbonyl (C=O) groups is 2. The van der Waals surface area contributed by atoms with Crippen LogP contribution in [0.15, 0.2) is 65.6 Å². The quantitative estimate of drug-likeness (QED) is 0.202. The molecule has 174 valence electrons. The first-order valence-corrected chi connectivity index (χ1v) is 12.7. The van der Waals surface area contributed by atoms with Crippen molar-refractivity contribution in [3.63, 3.8) is 0 Å². The summed E-state index contributed by atoms with van der Waals surface area (Å²) in [6.45, 7) is 0.390. The van der Waals surface area contributed by atoms with Crippen LogP contribution in [0.2, 0.25) is 10.0 Å². The van der Waals surface area contributed by atoms with Gasteiger partial charge in [0.05, 0.1) is 18.6 Å². The van der Waals surface area contributed by atoms with Crippen molar-refractivity contribution >= 4 is 74.8 Å². The predicted octanol–water partition coefficient (Wildman–Crippen LogP) is 7.42. The molecule has 2 amide bonds. The monoisotopic (exact) mass is 625 g/mol. The third kappa shape index (κ3) is 5.71. The van der Waals surface area contributed by atoms with E-state index < -0.39 is 0 Å². The number of methoxy groups -OCH3 is 1. The molecule has 0 aliphatic carbocycles. The highest BCUT2D eigenvalue weighted by Crippen LogP contribution is 2.38. The lowest BCUT2D eigenvalue weighted by Gasteiger charge is -2.15. The van der Waals surface area contributed by atoms with E-state index in [4.69, 9.17) is 32.7 Å². The van der Waals surface area contributed by atoms with Gasteiger partial charge in [-0.25, -0.2) is 0 Å². The summed E-state index contributed by atoms with van der Waals surface area (Å²) in [5, 5.41) is 0.710. The molecule has 34 heavy (non-hydrogen) atoms. The average molecular weight is 626 g/mol. The van der Waals surface area contributed by atoms with Gasteiger partial charge in [-0.05, 0) is 76.3 Å². The van der Waals surface area contributed by atoms with Crippen LogP contribution in [0.25, 0.3) is 6.08 Å². The minimum atomic E-state index is -0.344. The van der Waals surface area contributed by atoms with Gasteiger partial charge < -0.3 is 9.47 Å². The molecule has 0 N–H and O–H groups in total. The van der Waals surface area contributed by atoms with Gasteiger partial charge in [0.2, 0.25) is 0 Å². The van der Waals surface area contributed by atoms with Gasteiger partial charge in [-0.2, -0.15) is 0 Å². The number of imide groups is 1. The van der Waals surface area contributed by atoms with Gasteiger partial charge >= 0.3 is 0 Å². The van der Waals surface area contributed by atoms with E-state index in [-0.39, 0.29) is 24.3 Å². The number of nitrogens with zero attached hydrogens (tertiary/aromatic N) is 1. The van der Waals surface area contributed by atoms with E-state index in [1.54, 1.807) is 42.5 Å². The maximum absolute atomic E-state index is 13.0. The summed E-state index contributed by atoms with van der Waals surface area (Å²) >= 11 is 15.4. The molecule has 0 aromatic heterocycles. The minimum Gasteiger partial charge on any atom is -0.493 e. The molecule has 9 heteroatoms. The highest BCUT2D eigenvalue weighted by molar-refractivity contribution is 14.1. The summed E-state index contributed by atoms with van der Waals surface area (Å²) in [5.74, 6) is 0.598. The van der Waals surface area contributed by atoms with E-state index in [1.165, 1.54) is 12.0 Å². The molecule has 1 aliphatic heterocycles. The van der Waals surface area contributed by atoms with Gasteiger partial charge in [-0.3, -0.25) is 14.5 Å². The number of hydrogen-bond acceptors (Lipinski definition) is 5. The number of para-hydroxylation sites is 1. The summed E-state index contributed by atoms with van der Waals surface area (Å²) in [6.07, 6.45) is 1.65. The fourth-order valence-electron chi connectivity index (χ4n) is 3.30. The first kappa shape index (κ1) is 24.9. The maximum atomic E-state index is 13.0. The Kier molecular flexibility index (Phi) is 8.08. The SMILES string of the molecule is COc1cccc(/C=C2/SC(=O)N(Cc3ccc(I)cc3)C2=O)c1OCc1ccc(Cl)cc1Cl. The standard InChI is InChI=1S/C25H18Cl2INO4S/c1-32-21-4-2-3-16(23(21)33-14-17-7-8-18(26)12-20(17)27)11-22-24(30)29(25(31)34-22)13-15-5-9-19(28)10-6-15/h2-12H,13-14H2,1H3/b22-11+. The molecule has 5 nitrogen and oxygen atoms in total. The Morgan fingerprint density at radius 3 is 2.53 bits per heavy atom. The van der Waals surface area contributed by atoms with Crippen molar-refractivity contribution in [3.8, 4) is 11.5 Å². The Hall–Kier alpha value is -2.20. The number of halogens is 3. The summed E-state index contributed by atoms with van der Waals surface area (Å²) in [4.78, 5) is 27.2. The average Bonchev–Trinajstić information content (AvgIpc) is 3.07. The molecule has 1 fully saturated rings. The van der Waals surface area contributed by atoms with Gasteiger partial charge in [0, 0.05) is 24.7 Å². The Bertz CT molecular complexity index is 1280. The molecule has 1 heterocycles. The zero-order valence-electron chi connectivity index (χ0n) is 17.9. The van der Waals surface area contributed by atoms with Crippen LogP contribution in [0.1, 0.15) is 16.7 Å². The number of carbonyl (C=O) groups excluding carboxylic acids is 2. The van der Waals surface area contributed by atoms with Crippen LogP contribution in [0.5, 0.6) is 11.5 Å². The van der Waals surface area contributed by atoms with Crippen molar-refractivity contribution in [2.24, 2.45) is 0 Å². The zero-order chi connectivity index (χ0) is 24.2. The molecule has 0 radical (unpaired) electrons. The Morgan fingerprint density at radius 1 is 1.06 bits per heavy atom. The topological polar surface area (TPSA) is 55.8 Å². The van der Waals surface area contributed by atoms with Crippen molar-refractivity contribution < 1.29 is 19.1 Å². The largest absolute Gasteiger partial charge is 0.493 e. The zero-order valence-corrected chi connectivity index (χ0v) is 22.4. The molecule has 3 aromatic rings. The van der Waals surface area contributed by atoms with E-state index in [9.17, 15) is 9.59 Å². The van der Waals surface area contributed by atoms with Crippen molar-refractivity contribution in [2.75, 3.05) is 7.11 Å². The van der Waals surface area contributed by atoms with Gasteiger partial charge in [0.25, 0.3) is 11.1 Å². The number of hydrogen-bond donors (Lipinski definition) is 0. The first-order valence-electron chi connectivity index (χ1n) is 10.1. The summed E-state index contributed by atoms with van der Waals surface area (Å²) in [7, 11) is 1.54. The Balaban J connectivity index is 1.59. The molecule has 1 aliphatic rings. The van der Waals surface area contributed by atoms with Crippen LogP contribution in [0.4, 0.5) is 4.79 Å². The van der Waals surface area contributed by atoms with E-state index >= 15 is 0 Å². The maximum Gasteiger partial charge on any atom is 0.293 e. The van der Waals surface area contributed by atoms with E-state index in [0.717, 1.165) is 26.5 Å². The third-order valence-corrected chi connectivity index (χ3v) is 7.24. The highest BCUT2D eigenvalue weighted by atomic mass is 127. The third-order valence-electron chi connectivity index (χ3n) is 5.03. The lowest BCUT2D eigenvalue weighted by atomic mass is 10.1. The van der Waals surface area contributed by atoms with Gasteiger partial charge in [-0.15, -0.1) is 0 Å². The Labute approximate surface area is 225 Å². The second kappa shape index (κ2) is 11.0. The highest BCUT2D eigenvalue weighted by Gasteiger charge is 2.35. The summed E-state index contributed by atoms with van der Waals surface area (Å²) in [6, 6.07) is 18.2. The summed E-state index contributed by atoms with van der Waals surface area (Å²) < 4.78 is 12.6. The molecule has 4 rings (SSSR count). The van der Waals surface area contributed by atoms with Gasteiger partial charge in [0.1, 0.15) is 6.61 Å². The molecule has 0 spiro atoms. The molecular weight excluding hydrogens is 608 g/mol. The summed E-state index contributed by atoms with van der Waals surface area (Å²) in [5.41, 5.74) is 2.25. The smallest absolute Gasteiger partial charge is 0.293 e. The van der Waals surface area contributed by atoms with E-state index in [1.807, 2.05) is 24.3 Å². The van der Waals surface area contributed by atoms with Crippen LogP contribution in [-0.4, -0.2) is 23.2 Å². The number of rotatable bonds is 7. The predicted molar refractivity (Wildman–Crippen MR) is 144 cm³/mol. The van der Waals surface area contributed by atoms with Gasteiger partial charge in [0.15, 0.2) is 11.5 Å². The number of ether oxygens (including phenoxy) is 2. The molecule has 0 unspecified atom stereocenters. The second-order valence-electron chi connectivity index (χ2n) is 7.30. The Morgan fingerprint density at radius 2 is 1.82 bits per heavy atom. The molecular formula is C25H18Cl2INO4S. The molecule has 1 saturated heterocycles. The molecule has 0 bridgehead atoms. The molecule has 0 saturated carbocycles. The molecule has 0 atom stereocenters. The number of thioether (sulfide) groups is 1. The minimum absolute atomic E-state index is 0.172. The van der Waals surface area contributed by atoms with Crippen LogP contribution >= 0.6 is 57.6 Å². The fraction of sp³-hybridized carbons (Fsp3) is 0.120. The number of benzene rings is 3. The molecule has 3 aromatic carbocycles. The lowest BCUT2D eigenvalue weighted by Crippen LogP contribution is -2.27. The number of amides is 2. The van der Waals surface area contributed by atoms with Gasteiger partial charge in [-0.1, -0.05) is 53.5 Å². The van der Waals surface area contributed by atoms with E-state index in [2.05, 4.69) is 22.6 Å². The van der Waals surface area contributed by atoms with Crippen LogP contribution in [0.3, 0.4) is 0 Å². The fourth-order valence-corrected chi connectivity index (χ4v) is 4.95. The van der Waals surface area contributed by atoms with Crippen LogP contribution in [-0.2, 0) is 17.9 Å². The normalized spacial score (nSPS) is 14.7.